The van der Waals surface area contributed by atoms with E-state index in [0.717, 1.165) is 17.4 Å². The second-order valence-electron chi connectivity index (χ2n) is 4.17. The molecule has 98 valence electrons. The molecule has 6 heteroatoms. The lowest BCUT2D eigenvalue weighted by molar-refractivity contribution is 0.370. The van der Waals surface area contributed by atoms with E-state index in [1.54, 1.807) is 7.05 Å². The summed E-state index contributed by atoms with van der Waals surface area (Å²) in [5, 5.41) is 7.18. The molecule has 1 aromatic heterocycles. The molecule has 0 fully saturated rings. The van der Waals surface area contributed by atoms with E-state index in [4.69, 9.17) is 4.52 Å². The lowest BCUT2D eigenvalue weighted by Crippen LogP contribution is -2.35. The number of rotatable bonds is 3. The van der Waals surface area contributed by atoms with Crippen molar-refractivity contribution >= 4 is 29.9 Å². The van der Waals surface area contributed by atoms with Crippen molar-refractivity contribution in [2.75, 3.05) is 21.1 Å². The summed E-state index contributed by atoms with van der Waals surface area (Å²) >= 11 is 0. The van der Waals surface area contributed by atoms with Gasteiger partial charge in [-0.05, 0) is 5.92 Å². The van der Waals surface area contributed by atoms with E-state index in [2.05, 4.69) is 29.3 Å². The first-order valence-corrected chi connectivity index (χ1v) is 5.38. The van der Waals surface area contributed by atoms with Crippen LogP contribution in [0.15, 0.2) is 15.6 Å². The van der Waals surface area contributed by atoms with Gasteiger partial charge in [-0.15, -0.1) is 24.0 Å². The van der Waals surface area contributed by atoms with E-state index < -0.39 is 0 Å². The van der Waals surface area contributed by atoms with Crippen molar-refractivity contribution in [1.29, 1.82) is 0 Å². The summed E-state index contributed by atoms with van der Waals surface area (Å²) in [4.78, 5) is 6.03. The highest BCUT2D eigenvalue weighted by Crippen LogP contribution is 2.13. The predicted molar refractivity (Wildman–Crippen MR) is 79.9 cm³/mol. The largest absolute Gasteiger partial charge is 0.359 e. The zero-order valence-corrected chi connectivity index (χ0v) is 13.4. The summed E-state index contributed by atoms with van der Waals surface area (Å²) in [6.45, 7) is 4.78. The Morgan fingerprint density at radius 2 is 2.18 bits per heavy atom. The molecule has 0 saturated carbocycles. The van der Waals surface area contributed by atoms with Gasteiger partial charge < -0.3 is 14.7 Å². The quantitative estimate of drug-likeness (QED) is 0.514. The summed E-state index contributed by atoms with van der Waals surface area (Å²) in [7, 11) is 5.63. The van der Waals surface area contributed by atoms with Gasteiger partial charge in [0.15, 0.2) is 11.7 Å². The van der Waals surface area contributed by atoms with Crippen LogP contribution in [-0.2, 0) is 6.54 Å². The fourth-order valence-corrected chi connectivity index (χ4v) is 1.29. The third-order valence-electron chi connectivity index (χ3n) is 2.22. The van der Waals surface area contributed by atoms with Gasteiger partial charge in [-0.2, -0.15) is 0 Å². The number of nitrogens with one attached hydrogen (secondary N) is 1. The maximum absolute atomic E-state index is 5.21. The number of aliphatic imine (C=N–C) groups is 1. The molecular formula is C11H21IN4O. The van der Waals surface area contributed by atoms with E-state index in [9.17, 15) is 0 Å². The van der Waals surface area contributed by atoms with Crippen LogP contribution in [0.5, 0.6) is 0 Å². The SMILES string of the molecule is CN=C(NCc1cc(C(C)C)no1)N(C)C.I. The van der Waals surface area contributed by atoms with Gasteiger partial charge in [-0.3, -0.25) is 4.99 Å². The van der Waals surface area contributed by atoms with E-state index in [0.29, 0.717) is 12.5 Å². The molecule has 1 aromatic rings. The summed E-state index contributed by atoms with van der Waals surface area (Å²) in [6, 6.07) is 1.97. The van der Waals surface area contributed by atoms with E-state index in [-0.39, 0.29) is 24.0 Å². The molecule has 0 aliphatic heterocycles. The molecule has 1 heterocycles. The third kappa shape index (κ3) is 4.93. The van der Waals surface area contributed by atoms with Crippen molar-refractivity contribution in [2.24, 2.45) is 4.99 Å². The molecule has 0 spiro atoms. The van der Waals surface area contributed by atoms with Gasteiger partial charge in [0.25, 0.3) is 0 Å². The van der Waals surface area contributed by atoms with Crippen LogP contribution in [0.1, 0.15) is 31.2 Å². The highest BCUT2D eigenvalue weighted by molar-refractivity contribution is 14.0. The fourth-order valence-electron chi connectivity index (χ4n) is 1.29. The Morgan fingerprint density at radius 3 is 2.59 bits per heavy atom. The molecule has 0 aliphatic carbocycles. The summed E-state index contributed by atoms with van der Waals surface area (Å²) < 4.78 is 5.21. The van der Waals surface area contributed by atoms with Crippen LogP contribution in [-0.4, -0.2) is 37.2 Å². The normalized spacial score (nSPS) is 11.3. The minimum atomic E-state index is 0. The minimum absolute atomic E-state index is 0. The Hall–Kier alpha value is -0.790. The monoisotopic (exact) mass is 352 g/mol. The Balaban J connectivity index is 0.00000256. The standard InChI is InChI=1S/C11H20N4O.HI/c1-8(2)10-6-9(16-14-10)7-13-11(12-3)15(4)5;/h6,8H,7H2,1-5H3,(H,12,13);1H. The topological polar surface area (TPSA) is 53.7 Å². The first kappa shape index (κ1) is 16.2. The number of aromatic nitrogens is 1. The maximum Gasteiger partial charge on any atom is 0.193 e. The lowest BCUT2D eigenvalue weighted by atomic mass is 10.1. The van der Waals surface area contributed by atoms with Crippen LogP contribution in [0.3, 0.4) is 0 Å². The predicted octanol–water partition coefficient (Wildman–Crippen LogP) is 2.05. The van der Waals surface area contributed by atoms with Crippen molar-refractivity contribution in [3.63, 3.8) is 0 Å². The van der Waals surface area contributed by atoms with Gasteiger partial charge in [-0.25, -0.2) is 0 Å². The Bertz CT molecular complexity index is 360. The van der Waals surface area contributed by atoms with Gasteiger partial charge in [0.05, 0.1) is 12.2 Å². The van der Waals surface area contributed by atoms with E-state index >= 15 is 0 Å². The highest BCUT2D eigenvalue weighted by Gasteiger charge is 2.08. The Labute approximate surface area is 120 Å². The van der Waals surface area contributed by atoms with E-state index in [1.165, 1.54) is 0 Å². The molecule has 0 bridgehead atoms. The van der Waals surface area contributed by atoms with Crippen molar-refractivity contribution in [3.05, 3.63) is 17.5 Å². The molecule has 0 atom stereocenters. The van der Waals surface area contributed by atoms with Crippen LogP contribution < -0.4 is 5.32 Å². The van der Waals surface area contributed by atoms with Crippen molar-refractivity contribution < 1.29 is 4.52 Å². The van der Waals surface area contributed by atoms with Gasteiger partial charge in [-0.1, -0.05) is 19.0 Å². The lowest BCUT2D eigenvalue weighted by Gasteiger charge is -2.15. The van der Waals surface area contributed by atoms with Gasteiger partial charge in [0.1, 0.15) is 0 Å². The van der Waals surface area contributed by atoms with Crippen molar-refractivity contribution in [2.45, 2.75) is 26.3 Å². The number of halogens is 1. The van der Waals surface area contributed by atoms with E-state index in [1.807, 2.05) is 25.1 Å². The minimum Gasteiger partial charge on any atom is -0.359 e. The summed E-state index contributed by atoms with van der Waals surface area (Å²) in [6.07, 6.45) is 0. The average molecular weight is 352 g/mol. The highest BCUT2D eigenvalue weighted by atomic mass is 127. The van der Waals surface area contributed by atoms with Crippen LogP contribution in [0.4, 0.5) is 0 Å². The summed E-state index contributed by atoms with van der Waals surface area (Å²) in [5.41, 5.74) is 0.983. The number of guanidine groups is 1. The summed E-state index contributed by atoms with van der Waals surface area (Å²) in [5.74, 6) is 2.04. The molecular weight excluding hydrogens is 331 g/mol. The zero-order valence-electron chi connectivity index (χ0n) is 11.0. The molecule has 5 nitrogen and oxygen atoms in total. The number of hydrogen-bond donors (Lipinski definition) is 1. The molecule has 17 heavy (non-hydrogen) atoms. The number of nitrogens with zero attached hydrogens (tertiary/aromatic N) is 3. The first-order chi connectivity index (χ1) is 7.54. The molecule has 0 saturated heterocycles. The van der Waals surface area contributed by atoms with Gasteiger partial charge in [0, 0.05) is 27.2 Å². The smallest absolute Gasteiger partial charge is 0.193 e. The van der Waals surface area contributed by atoms with Gasteiger partial charge >= 0.3 is 0 Å². The second-order valence-corrected chi connectivity index (χ2v) is 4.17. The van der Waals surface area contributed by atoms with Crippen LogP contribution in [0, 0.1) is 0 Å². The molecule has 0 radical (unpaired) electrons. The van der Waals surface area contributed by atoms with Gasteiger partial charge in [0.2, 0.25) is 0 Å². The van der Waals surface area contributed by atoms with Crippen LogP contribution in [0.25, 0.3) is 0 Å². The van der Waals surface area contributed by atoms with Crippen LogP contribution >= 0.6 is 24.0 Å². The number of hydrogen-bond acceptors (Lipinski definition) is 3. The fraction of sp³-hybridized carbons (Fsp3) is 0.636. The zero-order chi connectivity index (χ0) is 12.1. The van der Waals surface area contributed by atoms with Crippen molar-refractivity contribution in [1.82, 2.24) is 15.4 Å². The van der Waals surface area contributed by atoms with Crippen LogP contribution in [0.2, 0.25) is 0 Å². The molecule has 0 amide bonds. The first-order valence-electron chi connectivity index (χ1n) is 5.38. The molecule has 0 unspecified atom stereocenters. The molecule has 0 aliphatic rings. The Kier molecular flexibility index (Phi) is 7.17. The molecule has 0 aromatic carbocycles. The average Bonchev–Trinajstić information content (AvgIpc) is 2.67. The third-order valence-corrected chi connectivity index (χ3v) is 2.22. The second kappa shape index (κ2) is 7.52. The Morgan fingerprint density at radius 1 is 1.53 bits per heavy atom. The van der Waals surface area contributed by atoms with Crippen molar-refractivity contribution in [3.8, 4) is 0 Å². The molecule has 1 rings (SSSR count). The maximum atomic E-state index is 5.21. The molecule has 1 N–H and O–H groups in total.